The number of hydrogen-bond acceptors (Lipinski definition) is 3. The van der Waals surface area contributed by atoms with Crippen LogP contribution in [-0.4, -0.2) is 9.38 Å². The number of halogens is 1. The highest BCUT2D eigenvalue weighted by Crippen LogP contribution is 2.17. The molecule has 0 saturated heterocycles. The molecule has 2 heterocycles. The highest BCUT2D eigenvalue weighted by Gasteiger charge is 2.03. The van der Waals surface area contributed by atoms with E-state index in [1.807, 2.05) is 43.3 Å². The molecule has 0 amide bonds. The summed E-state index contributed by atoms with van der Waals surface area (Å²) >= 11 is 3.37. The third kappa shape index (κ3) is 3.13. The molecule has 0 unspecified atom stereocenters. The van der Waals surface area contributed by atoms with Gasteiger partial charge in [0.15, 0.2) is 0 Å². The number of benzene rings is 1. The minimum absolute atomic E-state index is 0.102. The molecule has 21 heavy (non-hydrogen) atoms. The number of ether oxygens (including phenoxy) is 1. The lowest BCUT2D eigenvalue weighted by Crippen LogP contribution is -2.16. The Bertz CT molecular complexity index is 841. The fourth-order valence-corrected chi connectivity index (χ4v) is 2.28. The average Bonchev–Trinajstić information content (AvgIpc) is 2.46. The molecule has 5 heteroatoms. The summed E-state index contributed by atoms with van der Waals surface area (Å²) in [7, 11) is 0. The van der Waals surface area contributed by atoms with E-state index < -0.39 is 0 Å². The Hall–Kier alpha value is -2.14. The van der Waals surface area contributed by atoms with Crippen molar-refractivity contribution in [3.8, 4) is 5.75 Å². The molecule has 0 radical (unpaired) electrons. The number of rotatable bonds is 3. The van der Waals surface area contributed by atoms with Crippen LogP contribution in [0.4, 0.5) is 0 Å². The Kier molecular flexibility index (Phi) is 3.75. The van der Waals surface area contributed by atoms with Crippen LogP contribution < -0.4 is 10.3 Å². The molecule has 2 aromatic heterocycles. The smallest absolute Gasteiger partial charge is 0.258 e. The van der Waals surface area contributed by atoms with Crippen molar-refractivity contribution in [1.29, 1.82) is 0 Å². The molecule has 3 rings (SSSR count). The Labute approximate surface area is 130 Å². The van der Waals surface area contributed by atoms with Crippen molar-refractivity contribution >= 4 is 21.6 Å². The summed E-state index contributed by atoms with van der Waals surface area (Å²) in [6.45, 7) is 2.23. The maximum absolute atomic E-state index is 12.0. The van der Waals surface area contributed by atoms with E-state index in [1.54, 1.807) is 6.20 Å². The molecule has 3 aromatic rings. The molecule has 0 N–H and O–H groups in total. The van der Waals surface area contributed by atoms with Crippen LogP contribution in [-0.2, 0) is 6.61 Å². The van der Waals surface area contributed by atoms with Gasteiger partial charge in [-0.2, -0.15) is 0 Å². The summed E-state index contributed by atoms with van der Waals surface area (Å²) < 4.78 is 8.17. The number of aryl methyl sites for hydroxylation is 1. The van der Waals surface area contributed by atoms with Gasteiger partial charge >= 0.3 is 0 Å². The van der Waals surface area contributed by atoms with Crippen LogP contribution in [0.25, 0.3) is 5.65 Å². The summed E-state index contributed by atoms with van der Waals surface area (Å²) in [4.78, 5) is 16.5. The van der Waals surface area contributed by atoms with E-state index in [4.69, 9.17) is 4.74 Å². The van der Waals surface area contributed by atoms with Crippen molar-refractivity contribution in [2.75, 3.05) is 0 Å². The van der Waals surface area contributed by atoms with E-state index >= 15 is 0 Å². The lowest BCUT2D eigenvalue weighted by atomic mass is 10.3. The molecule has 0 spiro atoms. The molecule has 106 valence electrons. The third-order valence-corrected chi connectivity index (χ3v) is 3.60. The first-order valence-corrected chi connectivity index (χ1v) is 7.28. The first kappa shape index (κ1) is 13.8. The number of fused-ring (bicyclic) bond motifs is 1. The molecule has 0 aliphatic rings. The topological polar surface area (TPSA) is 43.6 Å². The molecular formula is C16H13BrN2O2. The van der Waals surface area contributed by atoms with Crippen molar-refractivity contribution in [2.45, 2.75) is 13.5 Å². The van der Waals surface area contributed by atoms with E-state index in [1.165, 1.54) is 10.5 Å². The number of aromatic nitrogens is 2. The molecule has 0 fully saturated rings. The average molecular weight is 345 g/mol. The first-order valence-electron chi connectivity index (χ1n) is 6.49. The van der Waals surface area contributed by atoms with Crippen LogP contribution >= 0.6 is 15.9 Å². The normalized spacial score (nSPS) is 10.8. The lowest BCUT2D eigenvalue weighted by Gasteiger charge is -2.07. The number of nitrogens with zero attached hydrogens (tertiary/aromatic N) is 2. The molecule has 4 nitrogen and oxygen atoms in total. The van der Waals surface area contributed by atoms with Crippen molar-refractivity contribution in [1.82, 2.24) is 9.38 Å². The van der Waals surface area contributed by atoms with Gasteiger partial charge in [0, 0.05) is 16.7 Å². The van der Waals surface area contributed by atoms with Crippen molar-refractivity contribution in [3.05, 3.63) is 74.7 Å². The van der Waals surface area contributed by atoms with Gasteiger partial charge in [-0.1, -0.05) is 15.9 Å². The minimum Gasteiger partial charge on any atom is -0.487 e. The van der Waals surface area contributed by atoms with Gasteiger partial charge in [0.05, 0.1) is 5.69 Å². The van der Waals surface area contributed by atoms with Crippen LogP contribution in [0, 0.1) is 6.92 Å². The molecule has 0 aliphatic carbocycles. The standard InChI is InChI=1S/C16H13BrN2O2/c1-11-6-7-19-15(8-11)18-13(9-16(19)20)10-21-14-4-2-12(17)3-5-14/h2-9H,10H2,1H3. The van der Waals surface area contributed by atoms with Gasteiger partial charge in [0.25, 0.3) is 5.56 Å². The quantitative estimate of drug-likeness (QED) is 0.731. The van der Waals surface area contributed by atoms with E-state index in [-0.39, 0.29) is 12.2 Å². The van der Waals surface area contributed by atoms with E-state index in [0.717, 1.165) is 15.8 Å². The van der Waals surface area contributed by atoms with Crippen molar-refractivity contribution < 1.29 is 4.74 Å². The molecular weight excluding hydrogens is 332 g/mol. The monoisotopic (exact) mass is 344 g/mol. The molecule has 0 aliphatic heterocycles. The largest absolute Gasteiger partial charge is 0.487 e. The van der Waals surface area contributed by atoms with Gasteiger partial charge in [-0.05, 0) is 48.9 Å². The van der Waals surface area contributed by atoms with E-state index in [2.05, 4.69) is 20.9 Å². The SMILES string of the molecule is Cc1ccn2c(=O)cc(COc3ccc(Br)cc3)nc2c1. The van der Waals surface area contributed by atoms with E-state index in [0.29, 0.717) is 11.3 Å². The number of hydrogen-bond donors (Lipinski definition) is 0. The van der Waals surface area contributed by atoms with Crippen LogP contribution in [0.1, 0.15) is 11.3 Å². The van der Waals surface area contributed by atoms with Gasteiger partial charge in [0.2, 0.25) is 0 Å². The van der Waals surface area contributed by atoms with Crippen LogP contribution in [0.5, 0.6) is 5.75 Å². The molecule has 0 saturated carbocycles. The molecule has 0 bridgehead atoms. The van der Waals surface area contributed by atoms with Gasteiger partial charge in [0.1, 0.15) is 18.0 Å². The van der Waals surface area contributed by atoms with E-state index in [9.17, 15) is 4.79 Å². The predicted molar refractivity (Wildman–Crippen MR) is 84.7 cm³/mol. The Balaban J connectivity index is 1.87. The van der Waals surface area contributed by atoms with Crippen molar-refractivity contribution in [3.63, 3.8) is 0 Å². The summed E-state index contributed by atoms with van der Waals surface area (Å²) in [6.07, 6.45) is 1.74. The van der Waals surface area contributed by atoms with Gasteiger partial charge in [-0.25, -0.2) is 4.98 Å². The van der Waals surface area contributed by atoms with Gasteiger partial charge in [-0.15, -0.1) is 0 Å². The van der Waals surface area contributed by atoms with Crippen LogP contribution in [0.2, 0.25) is 0 Å². The van der Waals surface area contributed by atoms with Gasteiger partial charge < -0.3 is 4.74 Å². The predicted octanol–water partition coefficient (Wildman–Crippen LogP) is 3.34. The summed E-state index contributed by atoms with van der Waals surface area (Å²) in [5.41, 5.74) is 2.22. The third-order valence-electron chi connectivity index (χ3n) is 3.08. The summed E-state index contributed by atoms with van der Waals surface area (Å²) in [6, 6.07) is 12.8. The first-order chi connectivity index (χ1) is 10.1. The maximum Gasteiger partial charge on any atom is 0.258 e. The van der Waals surface area contributed by atoms with Crippen LogP contribution in [0.3, 0.4) is 0 Å². The number of pyridine rings is 1. The second kappa shape index (κ2) is 5.69. The zero-order chi connectivity index (χ0) is 14.8. The molecule has 0 atom stereocenters. The second-order valence-electron chi connectivity index (χ2n) is 4.76. The van der Waals surface area contributed by atoms with Crippen molar-refractivity contribution in [2.24, 2.45) is 0 Å². The zero-order valence-corrected chi connectivity index (χ0v) is 13.0. The summed E-state index contributed by atoms with van der Waals surface area (Å²) in [5.74, 6) is 0.740. The lowest BCUT2D eigenvalue weighted by molar-refractivity contribution is 0.301. The second-order valence-corrected chi connectivity index (χ2v) is 5.68. The highest BCUT2D eigenvalue weighted by molar-refractivity contribution is 9.10. The summed E-state index contributed by atoms with van der Waals surface area (Å²) in [5, 5.41) is 0. The fourth-order valence-electron chi connectivity index (χ4n) is 2.02. The highest BCUT2D eigenvalue weighted by atomic mass is 79.9. The Morgan fingerprint density at radius 2 is 1.95 bits per heavy atom. The Morgan fingerprint density at radius 3 is 2.71 bits per heavy atom. The van der Waals surface area contributed by atoms with Gasteiger partial charge in [-0.3, -0.25) is 9.20 Å². The Morgan fingerprint density at radius 1 is 1.19 bits per heavy atom. The fraction of sp³-hybridized carbons (Fsp3) is 0.125. The zero-order valence-electron chi connectivity index (χ0n) is 11.4. The minimum atomic E-state index is -0.102. The maximum atomic E-state index is 12.0. The molecule has 1 aromatic carbocycles. The van der Waals surface area contributed by atoms with Crippen LogP contribution in [0.15, 0.2) is 57.9 Å².